The number of amides is 1. The summed E-state index contributed by atoms with van der Waals surface area (Å²) in [5, 5.41) is 0. The maximum Gasteiger partial charge on any atom is 0.416 e. The fraction of sp³-hybridized carbons (Fsp3) is 0.316. The van der Waals surface area contributed by atoms with Crippen LogP contribution < -0.4 is 0 Å². The van der Waals surface area contributed by atoms with Crippen LogP contribution in [-0.4, -0.2) is 23.4 Å². The number of alkyl halides is 3. The summed E-state index contributed by atoms with van der Waals surface area (Å²) in [7, 11) is 0. The Bertz CT molecular complexity index is 695. The molecule has 0 saturated carbocycles. The molecule has 2 aromatic carbocycles. The van der Waals surface area contributed by atoms with E-state index in [-0.39, 0.29) is 11.9 Å². The maximum absolute atomic E-state index is 12.6. The molecule has 1 amide bonds. The molecule has 1 heterocycles. The third-order valence-corrected chi connectivity index (χ3v) is 4.41. The number of likely N-dealkylation sites (tertiary alicyclic amines) is 1. The van der Waals surface area contributed by atoms with Crippen molar-refractivity contribution in [3.63, 3.8) is 0 Å². The summed E-state index contributed by atoms with van der Waals surface area (Å²) >= 11 is 0. The molecule has 5 heteroatoms. The first-order chi connectivity index (χ1) is 11.4. The Morgan fingerprint density at radius 1 is 1.04 bits per heavy atom. The largest absolute Gasteiger partial charge is 0.416 e. The van der Waals surface area contributed by atoms with E-state index in [9.17, 15) is 18.0 Å². The number of halogens is 3. The number of hydrogen-bond acceptors (Lipinski definition) is 1. The van der Waals surface area contributed by atoms with Crippen molar-refractivity contribution in [3.05, 3.63) is 71.3 Å². The van der Waals surface area contributed by atoms with Crippen molar-refractivity contribution in [2.24, 2.45) is 0 Å². The molecule has 0 unspecified atom stereocenters. The third-order valence-electron chi connectivity index (χ3n) is 4.41. The zero-order valence-electron chi connectivity index (χ0n) is 13.1. The lowest BCUT2D eigenvalue weighted by molar-refractivity contribution is -0.137. The first kappa shape index (κ1) is 16.6. The predicted octanol–water partition coefficient (Wildman–Crippen LogP) is 4.55. The van der Waals surface area contributed by atoms with Gasteiger partial charge in [-0.05, 0) is 49.1 Å². The molecule has 0 N–H and O–H groups in total. The predicted molar refractivity (Wildman–Crippen MR) is 85.6 cm³/mol. The van der Waals surface area contributed by atoms with Gasteiger partial charge in [0, 0.05) is 18.2 Å². The van der Waals surface area contributed by atoms with Gasteiger partial charge in [-0.25, -0.2) is 0 Å². The van der Waals surface area contributed by atoms with Crippen LogP contribution in [0, 0.1) is 0 Å². The third kappa shape index (κ3) is 3.61. The van der Waals surface area contributed by atoms with Crippen LogP contribution in [0.4, 0.5) is 13.2 Å². The van der Waals surface area contributed by atoms with Gasteiger partial charge in [0.15, 0.2) is 0 Å². The van der Waals surface area contributed by atoms with Crippen molar-refractivity contribution in [2.75, 3.05) is 6.54 Å². The molecule has 24 heavy (non-hydrogen) atoms. The van der Waals surface area contributed by atoms with Crippen LogP contribution in [0.5, 0.6) is 0 Å². The maximum atomic E-state index is 12.6. The van der Waals surface area contributed by atoms with Crippen molar-refractivity contribution >= 4 is 5.91 Å². The molecule has 1 aliphatic rings. The Morgan fingerprint density at radius 3 is 2.33 bits per heavy atom. The zero-order chi connectivity index (χ0) is 17.2. The Balaban J connectivity index is 1.71. The second-order valence-electron chi connectivity index (χ2n) is 6.06. The molecule has 2 aromatic rings. The lowest BCUT2D eigenvalue weighted by atomic mass is 10.0. The Morgan fingerprint density at radius 2 is 1.71 bits per heavy atom. The molecule has 3 rings (SSSR count). The minimum atomic E-state index is -4.32. The van der Waals surface area contributed by atoms with E-state index in [0.29, 0.717) is 18.5 Å². The van der Waals surface area contributed by atoms with E-state index in [0.717, 1.165) is 30.5 Å². The minimum Gasteiger partial charge on any atom is -0.335 e. The van der Waals surface area contributed by atoms with E-state index in [1.807, 2.05) is 23.1 Å². The van der Waals surface area contributed by atoms with E-state index in [1.54, 1.807) is 12.1 Å². The number of hydrogen-bond donors (Lipinski definition) is 0. The molecule has 1 aliphatic heterocycles. The van der Waals surface area contributed by atoms with Gasteiger partial charge in [-0.2, -0.15) is 13.2 Å². The molecule has 1 fully saturated rings. The molecular weight excluding hydrogens is 315 g/mol. The monoisotopic (exact) mass is 333 g/mol. The van der Waals surface area contributed by atoms with Crippen LogP contribution in [-0.2, 0) is 12.6 Å². The van der Waals surface area contributed by atoms with Crippen LogP contribution in [0.15, 0.2) is 54.6 Å². The summed E-state index contributed by atoms with van der Waals surface area (Å²) in [4.78, 5) is 14.5. The summed E-state index contributed by atoms with van der Waals surface area (Å²) in [5.74, 6) is -0.00925. The van der Waals surface area contributed by atoms with E-state index in [4.69, 9.17) is 0 Å². The normalized spacial score (nSPS) is 18.0. The fourth-order valence-corrected chi connectivity index (χ4v) is 3.16. The number of carbonyl (C=O) groups excluding carboxylic acids is 1. The summed E-state index contributed by atoms with van der Waals surface area (Å²) in [6.45, 7) is 0.693. The highest BCUT2D eigenvalue weighted by Crippen LogP contribution is 2.30. The first-order valence-electron chi connectivity index (χ1n) is 7.97. The lowest BCUT2D eigenvalue weighted by Gasteiger charge is -2.25. The number of nitrogens with zero attached hydrogens (tertiary/aromatic N) is 1. The second kappa shape index (κ2) is 6.67. The van der Waals surface area contributed by atoms with Crippen LogP contribution in [0.1, 0.15) is 34.3 Å². The van der Waals surface area contributed by atoms with Gasteiger partial charge in [-0.1, -0.05) is 30.3 Å². The highest BCUT2D eigenvalue weighted by molar-refractivity contribution is 5.94. The van der Waals surface area contributed by atoms with E-state index in [2.05, 4.69) is 0 Å². The van der Waals surface area contributed by atoms with Crippen molar-refractivity contribution < 1.29 is 18.0 Å². The molecule has 0 spiro atoms. The zero-order valence-corrected chi connectivity index (χ0v) is 13.1. The summed E-state index contributed by atoms with van der Waals surface area (Å²) in [6, 6.07) is 14.4. The van der Waals surface area contributed by atoms with E-state index >= 15 is 0 Å². The van der Waals surface area contributed by atoms with Gasteiger partial charge in [-0.15, -0.1) is 0 Å². The van der Waals surface area contributed by atoms with Crippen LogP contribution in [0.2, 0.25) is 0 Å². The van der Waals surface area contributed by atoms with Gasteiger partial charge in [0.2, 0.25) is 0 Å². The molecule has 0 bridgehead atoms. The molecule has 1 atom stereocenters. The SMILES string of the molecule is O=C(c1ccccc1)N1CCC[C@H]1Cc1ccc(C(F)(F)F)cc1. The van der Waals surface area contributed by atoms with Gasteiger partial charge < -0.3 is 4.90 Å². The van der Waals surface area contributed by atoms with Gasteiger partial charge in [0.05, 0.1) is 5.56 Å². The van der Waals surface area contributed by atoms with Crippen LogP contribution in [0.3, 0.4) is 0 Å². The molecule has 0 aromatic heterocycles. The standard InChI is InChI=1S/C19H18F3NO/c20-19(21,22)16-10-8-14(9-11-16)13-17-7-4-12-23(17)18(24)15-5-2-1-3-6-15/h1-3,5-6,8-11,17H,4,7,12-13H2/t17-/m0/s1. The topological polar surface area (TPSA) is 20.3 Å². The number of carbonyl (C=O) groups is 1. The van der Waals surface area contributed by atoms with Crippen molar-refractivity contribution in [1.82, 2.24) is 4.90 Å². The van der Waals surface area contributed by atoms with Gasteiger partial charge >= 0.3 is 6.18 Å². The fourth-order valence-electron chi connectivity index (χ4n) is 3.16. The van der Waals surface area contributed by atoms with Gasteiger partial charge in [0.1, 0.15) is 0 Å². The smallest absolute Gasteiger partial charge is 0.335 e. The summed E-state index contributed by atoms with van der Waals surface area (Å²) in [5.41, 5.74) is 0.826. The summed E-state index contributed by atoms with van der Waals surface area (Å²) in [6.07, 6.45) is -1.94. The molecule has 0 aliphatic carbocycles. The quantitative estimate of drug-likeness (QED) is 0.807. The Labute approximate surface area is 138 Å². The lowest BCUT2D eigenvalue weighted by Crippen LogP contribution is -2.36. The van der Waals surface area contributed by atoms with Crippen molar-refractivity contribution in [1.29, 1.82) is 0 Å². The number of benzene rings is 2. The highest BCUT2D eigenvalue weighted by Gasteiger charge is 2.31. The molecule has 1 saturated heterocycles. The molecule has 2 nitrogen and oxygen atoms in total. The van der Waals surface area contributed by atoms with E-state index < -0.39 is 11.7 Å². The van der Waals surface area contributed by atoms with Crippen molar-refractivity contribution in [3.8, 4) is 0 Å². The molecular formula is C19H18F3NO. The van der Waals surface area contributed by atoms with Crippen molar-refractivity contribution in [2.45, 2.75) is 31.5 Å². The Kier molecular flexibility index (Phi) is 4.60. The summed E-state index contributed by atoms with van der Waals surface area (Å²) < 4.78 is 37.9. The van der Waals surface area contributed by atoms with Crippen LogP contribution >= 0.6 is 0 Å². The van der Waals surface area contributed by atoms with Gasteiger partial charge in [-0.3, -0.25) is 4.79 Å². The second-order valence-corrected chi connectivity index (χ2v) is 6.06. The van der Waals surface area contributed by atoms with Gasteiger partial charge in [0.25, 0.3) is 5.91 Å². The average Bonchev–Trinajstić information content (AvgIpc) is 3.03. The minimum absolute atomic E-state index is 0.00925. The highest BCUT2D eigenvalue weighted by atomic mass is 19.4. The van der Waals surface area contributed by atoms with E-state index in [1.165, 1.54) is 12.1 Å². The molecule has 0 radical (unpaired) electrons. The average molecular weight is 333 g/mol. The first-order valence-corrected chi connectivity index (χ1v) is 7.97. The van der Waals surface area contributed by atoms with Crippen LogP contribution in [0.25, 0.3) is 0 Å². The number of rotatable bonds is 3. The Hall–Kier alpha value is -2.30. The molecule has 126 valence electrons.